The molecule has 0 saturated heterocycles. The average molecular weight is 558 g/mol. The Morgan fingerprint density at radius 3 is 2.54 bits per heavy atom. The normalized spacial score (nSPS) is 11.6. The van der Waals surface area contributed by atoms with Crippen molar-refractivity contribution in [3.63, 3.8) is 0 Å². The maximum atomic E-state index is 14.9. The van der Waals surface area contributed by atoms with Crippen LogP contribution in [0.1, 0.15) is 19.6 Å². The van der Waals surface area contributed by atoms with Crippen molar-refractivity contribution in [2.24, 2.45) is 0 Å². The highest BCUT2D eigenvalue weighted by atomic mass is 19.1. The first-order chi connectivity index (χ1) is 19.7. The fourth-order valence-electron chi connectivity index (χ4n) is 4.74. The van der Waals surface area contributed by atoms with Gasteiger partial charge in [-0.25, -0.2) is 27.8 Å². The van der Waals surface area contributed by atoms with Crippen molar-refractivity contribution < 1.29 is 22.3 Å². The minimum atomic E-state index is -0.616. The van der Waals surface area contributed by atoms with Gasteiger partial charge in [0.25, 0.3) is 0 Å². The summed E-state index contributed by atoms with van der Waals surface area (Å²) in [5.74, 6) is -1.44. The summed E-state index contributed by atoms with van der Waals surface area (Å²) in [4.78, 5) is 22.0. The van der Waals surface area contributed by atoms with Crippen LogP contribution in [0.4, 0.5) is 19.0 Å². The number of anilines is 1. The molecule has 0 unspecified atom stereocenters. The first-order valence-electron chi connectivity index (χ1n) is 12.6. The molecule has 206 valence electrons. The van der Waals surface area contributed by atoms with Gasteiger partial charge in [0.15, 0.2) is 17.2 Å². The zero-order valence-electron chi connectivity index (χ0n) is 21.9. The van der Waals surface area contributed by atoms with E-state index in [-0.39, 0.29) is 52.1 Å². The minimum absolute atomic E-state index is 0.00442. The number of halogens is 3. The van der Waals surface area contributed by atoms with Crippen LogP contribution in [0.25, 0.3) is 44.4 Å². The third-order valence-corrected chi connectivity index (χ3v) is 6.46. The van der Waals surface area contributed by atoms with Gasteiger partial charge in [0.2, 0.25) is 5.43 Å². The van der Waals surface area contributed by atoms with E-state index in [4.69, 9.17) is 14.9 Å². The van der Waals surface area contributed by atoms with Gasteiger partial charge < -0.3 is 14.9 Å². The molecule has 6 aromatic rings. The Morgan fingerprint density at radius 2 is 1.78 bits per heavy atom. The number of nitrogens with zero attached hydrogens (tertiary/aromatic N) is 4. The molecule has 11 heteroatoms. The Labute approximate surface area is 230 Å². The molecule has 0 amide bonds. The highest BCUT2D eigenvalue weighted by Crippen LogP contribution is 2.34. The number of nitrogens with two attached hydrogens (primary N) is 1. The predicted molar refractivity (Wildman–Crippen MR) is 148 cm³/mol. The number of hydrogen-bond donors (Lipinski definition) is 1. The van der Waals surface area contributed by atoms with E-state index < -0.39 is 22.9 Å². The molecule has 0 saturated carbocycles. The smallest absolute Gasteiger partial charge is 0.200 e. The Hall–Kier alpha value is -5.19. The van der Waals surface area contributed by atoms with Gasteiger partial charge in [0.1, 0.15) is 47.4 Å². The lowest BCUT2D eigenvalue weighted by molar-refractivity contribution is 0.231. The van der Waals surface area contributed by atoms with E-state index in [1.165, 1.54) is 53.5 Å². The lowest BCUT2D eigenvalue weighted by atomic mass is 10.0. The Balaban J connectivity index is 1.55. The van der Waals surface area contributed by atoms with E-state index in [1.807, 2.05) is 0 Å². The molecule has 0 spiro atoms. The van der Waals surface area contributed by atoms with Crippen LogP contribution >= 0.6 is 0 Å². The van der Waals surface area contributed by atoms with Crippen molar-refractivity contribution >= 4 is 27.8 Å². The Bertz CT molecular complexity index is 2020. The molecule has 0 fully saturated rings. The molecular formula is C30H22F3N5O3. The van der Waals surface area contributed by atoms with Crippen molar-refractivity contribution in [3.8, 4) is 28.1 Å². The van der Waals surface area contributed by atoms with E-state index >= 15 is 0 Å². The third-order valence-electron chi connectivity index (χ3n) is 6.46. The van der Waals surface area contributed by atoms with Gasteiger partial charge in [-0.15, -0.1) is 0 Å². The molecule has 0 aliphatic rings. The van der Waals surface area contributed by atoms with Crippen LogP contribution in [-0.4, -0.2) is 25.9 Å². The van der Waals surface area contributed by atoms with E-state index in [0.29, 0.717) is 22.3 Å². The SMILES string of the molecule is CC(C)Oc1ccc(-c2nn(Cc3oc4ccc(F)cc4c(=O)c3-c3cccc(F)c3)c3ncnc(N)c23)cc1F. The zero-order chi connectivity index (χ0) is 28.8. The van der Waals surface area contributed by atoms with E-state index in [9.17, 15) is 18.0 Å². The largest absolute Gasteiger partial charge is 0.488 e. The predicted octanol–water partition coefficient (Wildman–Crippen LogP) is 6.10. The Morgan fingerprint density at radius 1 is 0.976 bits per heavy atom. The molecule has 3 aromatic carbocycles. The number of fused-ring (bicyclic) bond motifs is 2. The van der Waals surface area contributed by atoms with Crippen LogP contribution in [0.3, 0.4) is 0 Å². The summed E-state index contributed by atoms with van der Waals surface area (Å²) in [6, 6.07) is 13.5. The molecule has 2 N–H and O–H groups in total. The van der Waals surface area contributed by atoms with Crippen LogP contribution < -0.4 is 15.9 Å². The van der Waals surface area contributed by atoms with Crippen LogP contribution in [0, 0.1) is 17.5 Å². The van der Waals surface area contributed by atoms with Gasteiger partial charge in [-0.1, -0.05) is 12.1 Å². The first-order valence-corrected chi connectivity index (χ1v) is 12.6. The molecule has 0 atom stereocenters. The van der Waals surface area contributed by atoms with Gasteiger partial charge in [-0.2, -0.15) is 5.10 Å². The molecule has 41 heavy (non-hydrogen) atoms. The number of ether oxygens (including phenoxy) is 1. The summed E-state index contributed by atoms with van der Waals surface area (Å²) >= 11 is 0. The second-order valence-electron chi connectivity index (χ2n) is 9.66. The van der Waals surface area contributed by atoms with Crippen molar-refractivity contribution in [3.05, 3.63) is 100 Å². The van der Waals surface area contributed by atoms with Crippen molar-refractivity contribution in [1.29, 1.82) is 0 Å². The highest BCUT2D eigenvalue weighted by molar-refractivity contribution is 5.98. The second-order valence-corrected chi connectivity index (χ2v) is 9.66. The molecule has 3 aromatic heterocycles. The highest BCUT2D eigenvalue weighted by Gasteiger charge is 2.23. The van der Waals surface area contributed by atoms with Crippen LogP contribution in [0.15, 0.2) is 76.2 Å². The van der Waals surface area contributed by atoms with Gasteiger partial charge >= 0.3 is 0 Å². The standard InChI is InChI=1S/C30H22F3N5O3/c1-15(2)40-23-8-6-17(11-21(23)33)27-26-29(34)35-14-36-30(26)38(37-27)13-24-25(16-4-3-5-18(31)10-16)28(39)20-12-19(32)7-9-22(20)41-24/h3-12,14-15H,13H2,1-2H3,(H2,34,35,36). The molecule has 0 aliphatic carbocycles. The van der Waals surface area contributed by atoms with Crippen LogP contribution in [-0.2, 0) is 6.54 Å². The van der Waals surface area contributed by atoms with Crippen molar-refractivity contribution in [2.75, 3.05) is 5.73 Å². The summed E-state index contributed by atoms with van der Waals surface area (Å²) in [6.07, 6.45) is 1.03. The molecule has 6 rings (SSSR count). The van der Waals surface area contributed by atoms with E-state index in [2.05, 4.69) is 15.1 Å². The number of rotatable bonds is 6. The summed E-state index contributed by atoms with van der Waals surface area (Å²) < 4.78 is 56.2. The number of aromatic nitrogens is 4. The number of nitrogen functional groups attached to an aromatic ring is 1. The monoisotopic (exact) mass is 557 g/mol. The van der Waals surface area contributed by atoms with E-state index in [0.717, 1.165) is 6.07 Å². The van der Waals surface area contributed by atoms with Gasteiger partial charge in [-0.3, -0.25) is 4.79 Å². The maximum absolute atomic E-state index is 14.9. The molecule has 0 radical (unpaired) electrons. The van der Waals surface area contributed by atoms with Gasteiger partial charge in [0.05, 0.1) is 22.4 Å². The van der Waals surface area contributed by atoms with Crippen LogP contribution in [0.2, 0.25) is 0 Å². The summed E-state index contributed by atoms with van der Waals surface area (Å²) in [5, 5.41) is 5.02. The van der Waals surface area contributed by atoms with Gasteiger partial charge in [0, 0.05) is 5.56 Å². The molecular weight excluding hydrogens is 535 g/mol. The topological polar surface area (TPSA) is 109 Å². The summed E-state index contributed by atoms with van der Waals surface area (Å²) in [5.41, 5.74) is 7.08. The fraction of sp³-hybridized carbons (Fsp3) is 0.133. The van der Waals surface area contributed by atoms with E-state index in [1.54, 1.807) is 26.0 Å². The summed E-state index contributed by atoms with van der Waals surface area (Å²) in [6.45, 7) is 3.44. The molecule has 3 heterocycles. The second kappa shape index (κ2) is 10.1. The molecule has 0 aliphatic heterocycles. The lowest BCUT2D eigenvalue weighted by Gasteiger charge is -2.11. The quantitative estimate of drug-likeness (QED) is 0.264. The Kier molecular flexibility index (Phi) is 6.41. The maximum Gasteiger partial charge on any atom is 0.200 e. The molecule has 0 bridgehead atoms. The van der Waals surface area contributed by atoms with Gasteiger partial charge in [-0.05, 0) is 67.9 Å². The lowest BCUT2D eigenvalue weighted by Crippen LogP contribution is -2.13. The van der Waals surface area contributed by atoms with Crippen LogP contribution in [0.5, 0.6) is 5.75 Å². The summed E-state index contributed by atoms with van der Waals surface area (Å²) in [7, 11) is 0. The number of hydrogen-bond acceptors (Lipinski definition) is 7. The number of benzene rings is 3. The third kappa shape index (κ3) is 4.75. The first kappa shape index (κ1) is 26.1. The zero-order valence-corrected chi connectivity index (χ0v) is 21.9. The fourth-order valence-corrected chi connectivity index (χ4v) is 4.74. The van der Waals surface area contributed by atoms with Crippen molar-refractivity contribution in [2.45, 2.75) is 26.5 Å². The minimum Gasteiger partial charge on any atom is -0.488 e. The average Bonchev–Trinajstić information content (AvgIpc) is 3.30. The van der Waals surface area contributed by atoms with Crippen molar-refractivity contribution in [1.82, 2.24) is 19.7 Å². The molecule has 8 nitrogen and oxygen atoms in total.